The Balaban J connectivity index is 1.14. The van der Waals surface area contributed by atoms with Gasteiger partial charge in [-0.1, -0.05) is 32.6 Å². The van der Waals surface area contributed by atoms with E-state index in [9.17, 15) is 9.90 Å². The minimum Gasteiger partial charge on any atom is -0.501 e. The molecule has 0 aromatic carbocycles. The average molecular weight is 405 g/mol. The zero-order chi connectivity index (χ0) is 20.3. The third-order valence-electron chi connectivity index (χ3n) is 8.17. The molecular weight excluding hydrogens is 364 g/mol. The van der Waals surface area contributed by atoms with Crippen LogP contribution in [0.15, 0.2) is 11.8 Å². The topological polar surface area (TPSA) is 55.8 Å². The smallest absolute Gasteiger partial charge is 0.334 e. The van der Waals surface area contributed by atoms with Gasteiger partial charge in [0.25, 0.3) is 0 Å². The monoisotopic (exact) mass is 404 g/mol. The molecule has 0 atom stereocenters. The number of hydrogen-bond acceptors (Lipinski definition) is 3. The molecule has 4 heteroatoms. The SMILES string of the molecule is CC1(CCCCCCCOC=C(CC23CC4CC(CC(C4)C2)C3)C(=O)O)COC1. The molecule has 5 aliphatic rings. The van der Waals surface area contributed by atoms with E-state index in [-0.39, 0.29) is 5.41 Å². The molecule has 164 valence electrons. The molecular formula is C25H40O4. The molecule has 1 aliphatic heterocycles. The lowest BCUT2D eigenvalue weighted by molar-refractivity contribution is -0.134. The van der Waals surface area contributed by atoms with E-state index in [0.717, 1.165) is 37.4 Å². The molecule has 0 amide bonds. The quantitative estimate of drug-likeness (QED) is 0.248. The Morgan fingerprint density at radius 3 is 2.14 bits per heavy atom. The summed E-state index contributed by atoms with van der Waals surface area (Å²) < 4.78 is 11.0. The van der Waals surface area contributed by atoms with E-state index >= 15 is 0 Å². The van der Waals surface area contributed by atoms with E-state index in [1.165, 1.54) is 70.6 Å². The molecule has 4 nitrogen and oxygen atoms in total. The highest BCUT2D eigenvalue weighted by Crippen LogP contribution is 2.62. The summed E-state index contributed by atoms with van der Waals surface area (Å²) >= 11 is 0. The Labute approximate surface area is 176 Å². The van der Waals surface area contributed by atoms with Gasteiger partial charge in [0.05, 0.1) is 31.7 Å². The predicted octanol–water partition coefficient (Wildman–Crippen LogP) is 5.96. The fourth-order valence-corrected chi connectivity index (χ4v) is 7.10. The first kappa shape index (κ1) is 21.2. The summed E-state index contributed by atoms with van der Waals surface area (Å²) in [5.41, 5.74) is 1.20. The molecule has 29 heavy (non-hydrogen) atoms. The molecule has 1 saturated heterocycles. The van der Waals surface area contributed by atoms with Gasteiger partial charge in [0.2, 0.25) is 0 Å². The Hall–Kier alpha value is -1.03. The molecule has 5 fully saturated rings. The maximum Gasteiger partial charge on any atom is 0.334 e. The van der Waals surface area contributed by atoms with Crippen LogP contribution in [0.1, 0.15) is 90.4 Å². The third kappa shape index (κ3) is 5.37. The second-order valence-corrected chi connectivity index (χ2v) is 11.2. The van der Waals surface area contributed by atoms with Crippen molar-refractivity contribution in [2.24, 2.45) is 28.6 Å². The van der Waals surface area contributed by atoms with Gasteiger partial charge in [-0.2, -0.15) is 0 Å². The second kappa shape index (κ2) is 8.99. The number of carboxylic acids is 1. The molecule has 0 spiro atoms. The molecule has 0 radical (unpaired) electrons. The lowest BCUT2D eigenvalue weighted by Crippen LogP contribution is -2.46. The van der Waals surface area contributed by atoms with Crippen LogP contribution in [0.2, 0.25) is 0 Å². The summed E-state index contributed by atoms with van der Waals surface area (Å²) in [6, 6.07) is 0. The van der Waals surface area contributed by atoms with Crippen molar-refractivity contribution in [1.29, 1.82) is 0 Å². The predicted molar refractivity (Wildman–Crippen MR) is 114 cm³/mol. The normalized spacial score (nSPS) is 34.8. The van der Waals surface area contributed by atoms with Crippen molar-refractivity contribution in [3.8, 4) is 0 Å². The van der Waals surface area contributed by atoms with E-state index < -0.39 is 5.97 Å². The maximum absolute atomic E-state index is 11.8. The molecule has 4 aliphatic carbocycles. The summed E-state index contributed by atoms with van der Waals surface area (Å²) in [6.07, 6.45) is 17.5. The Kier molecular flexibility index (Phi) is 6.58. The summed E-state index contributed by atoms with van der Waals surface area (Å²) in [7, 11) is 0. The van der Waals surface area contributed by atoms with Gasteiger partial charge >= 0.3 is 5.97 Å². The molecule has 1 N–H and O–H groups in total. The van der Waals surface area contributed by atoms with Gasteiger partial charge in [-0.3, -0.25) is 0 Å². The van der Waals surface area contributed by atoms with Gasteiger partial charge in [-0.25, -0.2) is 4.79 Å². The number of hydrogen-bond donors (Lipinski definition) is 1. The third-order valence-corrected chi connectivity index (χ3v) is 8.17. The van der Waals surface area contributed by atoms with Crippen LogP contribution >= 0.6 is 0 Å². The summed E-state index contributed by atoms with van der Waals surface area (Å²) in [4.78, 5) is 11.8. The van der Waals surface area contributed by atoms with Crippen LogP contribution in [-0.4, -0.2) is 30.9 Å². The van der Waals surface area contributed by atoms with Crippen LogP contribution in [0.4, 0.5) is 0 Å². The Morgan fingerprint density at radius 1 is 1.00 bits per heavy atom. The first-order valence-corrected chi connectivity index (χ1v) is 12.1. The van der Waals surface area contributed by atoms with E-state index in [1.807, 2.05) is 0 Å². The standard InChI is InChI=1S/C25H40O4/c1-24(17-29-18-24)7-5-3-2-4-6-8-28-16-22(23(26)27)15-25-12-19-9-20(13-25)11-21(10-19)14-25/h16,19-21H,2-15,17-18H2,1H3,(H,26,27). The molecule has 1 heterocycles. The number of ether oxygens (including phenoxy) is 2. The average Bonchev–Trinajstić information content (AvgIpc) is 2.63. The molecule has 5 rings (SSSR count). The summed E-state index contributed by atoms with van der Waals surface area (Å²) in [5, 5.41) is 9.71. The molecule has 4 bridgehead atoms. The summed E-state index contributed by atoms with van der Waals surface area (Å²) in [5.74, 6) is 1.79. The van der Waals surface area contributed by atoms with Crippen molar-refractivity contribution in [2.75, 3.05) is 19.8 Å². The number of unbranched alkanes of at least 4 members (excludes halogenated alkanes) is 4. The van der Waals surface area contributed by atoms with Crippen molar-refractivity contribution >= 4 is 5.97 Å². The van der Waals surface area contributed by atoms with E-state index in [1.54, 1.807) is 6.26 Å². The summed E-state index contributed by atoms with van der Waals surface area (Å²) in [6.45, 7) is 4.83. The maximum atomic E-state index is 11.8. The lowest BCUT2D eigenvalue weighted by Gasteiger charge is -2.57. The highest BCUT2D eigenvalue weighted by Gasteiger charge is 2.51. The zero-order valence-electron chi connectivity index (χ0n) is 18.3. The highest BCUT2D eigenvalue weighted by atomic mass is 16.5. The zero-order valence-corrected chi connectivity index (χ0v) is 18.3. The van der Waals surface area contributed by atoms with Crippen molar-refractivity contribution in [2.45, 2.75) is 90.4 Å². The van der Waals surface area contributed by atoms with Crippen molar-refractivity contribution in [3.63, 3.8) is 0 Å². The van der Waals surface area contributed by atoms with Crippen LogP contribution < -0.4 is 0 Å². The molecule has 0 unspecified atom stereocenters. The second-order valence-electron chi connectivity index (χ2n) is 11.2. The van der Waals surface area contributed by atoms with E-state index in [2.05, 4.69) is 6.92 Å². The fraction of sp³-hybridized carbons (Fsp3) is 0.880. The Bertz CT molecular complexity index is 569. The minimum atomic E-state index is -0.783. The highest BCUT2D eigenvalue weighted by molar-refractivity contribution is 5.86. The first-order chi connectivity index (χ1) is 14.0. The van der Waals surface area contributed by atoms with Crippen LogP contribution in [0.25, 0.3) is 0 Å². The van der Waals surface area contributed by atoms with Gasteiger partial charge in [-0.15, -0.1) is 0 Å². The van der Waals surface area contributed by atoms with E-state index in [4.69, 9.17) is 9.47 Å². The largest absolute Gasteiger partial charge is 0.501 e. The number of carbonyl (C=O) groups is 1. The van der Waals surface area contributed by atoms with Crippen LogP contribution in [0, 0.1) is 28.6 Å². The van der Waals surface area contributed by atoms with Gasteiger partial charge in [0.1, 0.15) is 0 Å². The van der Waals surface area contributed by atoms with Crippen molar-refractivity contribution in [1.82, 2.24) is 0 Å². The van der Waals surface area contributed by atoms with E-state index in [0.29, 0.717) is 24.0 Å². The van der Waals surface area contributed by atoms with Gasteiger partial charge in [0.15, 0.2) is 0 Å². The molecule has 0 aromatic heterocycles. The van der Waals surface area contributed by atoms with Crippen molar-refractivity contribution in [3.05, 3.63) is 11.8 Å². The van der Waals surface area contributed by atoms with Crippen molar-refractivity contribution < 1.29 is 19.4 Å². The van der Waals surface area contributed by atoms with Crippen LogP contribution in [0.3, 0.4) is 0 Å². The number of aliphatic carboxylic acids is 1. The molecule has 4 saturated carbocycles. The van der Waals surface area contributed by atoms with Crippen LogP contribution in [0.5, 0.6) is 0 Å². The minimum absolute atomic E-state index is 0.254. The lowest BCUT2D eigenvalue weighted by atomic mass is 9.48. The first-order valence-electron chi connectivity index (χ1n) is 12.1. The molecule has 0 aromatic rings. The fourth-order valence-electron chi connectivity index (χ4n) is 7.10. The van der Waals surface area contributed by atoms with Crippen LogP contribution in [-0.2, 0) is 14.3 Å². The Morgan fingerprint density at radius 2 is 1.59 bits per heavy atom. The van der Waals surface area contributed by atoms with Gasteiger partial charge in [-0.05, 0) is 81.0 Å². The number of carboxylic acid groups (broad SMARTS) is 1. The van der Waals surface area contributed by atoms with Gasteiger partial charge in [0, 0.05) is 5.41 Å². The number of rotatable bonds is 12. The van der Waals surface area contributed by atoms with Gasteiger partial charge < -0.3 is 14.6 Å².